The van der Waals surface area contributed by atoms with Gasteiger partial charge in [0, 0.05) is 25.2 Å². The van der Waals surface area contributed by atoms with Crippen molar-refractivity contribution >= 4 is 17.6 Å². The monoisotopic (exact) mass is 246 g/mol. The van der Waals surface area contributed by atoms with E-state index in [1.807, 2.05) is 26.1 Å². The van der Waals surface area contributed by atoms with Gasteiger partial charge >= 0.3 is 6.01 Å². The van der Waals surface area contributed by atoms with Crippen LogP contribution in [0, 0.1) is 13.8 Å². The first-order chi connectivity index (χ1) is 8.60. The van der Waals surface area contributed by atoms with Gasteiger partial charge in [-0.05, 0) is 30.7 Å². The second kappa shape index (κ2) is 4.87. The molecule has 0 aliphatic heterocycles. The zero-order valence-electron chi connectivity index (χ0n) is 10.4. The van der Waals surface area contributed by atoms with Gasteiger partial charge in [-0.3, -0.25) is 10.1 Å². The zero-order chi connectivity index (χ0) is 13.1. The summed E-state index contributed by atoms with van der Waals surface area (Å²) in [6.07, 6.45) is 0. The minimum atomic E-state index is -0.265. The minimum absolute atomic E-state index is 0.106. The van der Waals surface area contributed by atoms with Crippen LogP contribution in [0.5, 0.6) is 0 Å². The molecule has 0 unspecified atom stereocenters. The van der Waals surface area contributed by atoms with Crippen molar-refractivity contribution in [3.05, 3.63) is 35.2 Å². The number of carbonyl (C=O) groups excluding carboxylic acids is 1. The van der Waals surface area contributed by atoms with Crippen LogP contribution in [0.4, 0.5) is 11.7 Å². The predicted octanol–water partition coefficient (Wildman–Crippen LogP) is 1.98. The topological polar surface area (TPSA) is 80.0 Å². The molecule has 1 aromatic heterocycles. The van der Waals surface area contributed by atoms with Gasteiger partial charge in [-0.2, -0.15) is 0 Å². The summed E-state index contributed by atoms with van der Waals surface area (Å²) in [6.45, 7) is 3.53. The highest BCUT2D eigenvalue weighted by molar-refractivity contribution is 6.04. The van der Waals surface area contributed by atoms with Crippen molar-refractivity contribution in [2.45, 2.75) is 13.8 Å². The van der Waals surface area contributed by atoms with E-state index in [9.17, 15) is 4.79 Å². The number of carbonyl (C=O) groups is 1. The molecule has 0 atom stereocenters. The van der Waals surface area contributed by atoms with E-state index < -0.39 is 0 Å². The Morgan fingerprint density at radius 2 is 2.06 bits per heavy atom. The highest BCUT2D eigenvalue weighted by Crippen LogP contribution is 2.16. The van der Waals surface area contributed by atoms with Crippen LogP contribution in [-0.4, -0.2) is 23.2 Å². The fraction of sp³-hybridized carbons (Fsp3) is 0.250. The first kappa shape index (κ1) is 12.1. The second-order valence-corrected chi connectivity index (χ2v) is 3.86. The highest BCUT2D eigenvalue weighted by atomic mass is 16.4. The molecule has 1 heterocycles. The quantitative estimate of drug-likeness (QED) is 0.865. The fourth-order valence-electron chi connectivity index (χ4n) is 1.59. The number of hydrogen-bond acceptors (Lipinski definition) is 5. The number of amides is 1. The third-order valence-corrected chi connectivity index (χ3v) is 2.51. The molecule has 0 fully saturated rings. The highest BCUT2D eigenvalue weighted by Gasteiger charge is 2.12. The van der Waals surface area contributed by atoms with Crippen LogP contribution in [0.2, 0.25) is 0 Å². The van der Waals surface area contributed by atoms with Gasteiger partial charge in [-0.25, -0.2) is 0 Å². The molecule has 2 N–H and O–H groups in total. The molecule has 0 saturated carbocycles. The Kier molecular flexibility index (Phi) is 3.27. The van der Waals surface area contributed by atoms with Crippen molar-refractivity contribution in [2.24, 2.45) is 0 Å². The molecule has 0 aliphatic carbocycles. The molecule has 0 radical (unpaired) electrons. The molecule has 0 bridgehead atoms. The molecule has 18 heavy (non-hydrogen) atoms. The summed E-state index contributed by atoms with van der Waals surface area (Å²) in [6, 6.07) is 5.59. The summed E-state index contributed by atoms with van der Waals surface area (Å²) in [5.41, 5.74) is 2.40. The van der Waals surface area contributed by atoms with Gasteiger partial charge in [0.15, 0.2) is 0 Å². The maximum Gasteiger partial charge on any atom is 0.322 e. The number of nitrogens with zero attached hydrogens (tertiary/aromatic N) is 2. The fourth-order valence-corrected chi connectivity index (χ4v) is 1.59. The maximum atomic E-state index is 12.0. The standard InChI is InChI=1S/C12H14N4O2/c1-7-6-9(13-3)4-5-10(7)11(17)14-12-16-15-8(2)18-12/h4-6,13H,1-3H3,(H,14,16,17). The molecule has 1 amide bonds. The Balaban J connectivity index is 2.18. The van der Waals surface area contributed by atoms with E-state index in [4.69, 9.17) is 4.42 Å². The van der Waals surface area contributed by atoms with Gasteiger partial charge in [0.2, 0.25) is 5.89 Å². The molecular formula is C12H14N4O2. The Morgan fingerprint density at radius 1 is 1.28 bits per heavy atom. The lowest BCUT2D eigenvalue weighted by molar-refractivity contribution is 0.102. The summed E-state index contributed by atoms with van der Waals surface area (Å²) in [5, 5.41) is 12.9. The van der Waals surface area contributed by atoms with Gasteiger partial charge in [0.25, 0.3) is 5.91 Å². The molecular weight excluding hydrogens is 232 g/mol. The van der Waals surface area contributed by atoms with Gasteiger partial charge in [0.05, 0.1) is 0 Å². The number of hydrogen-bond donors (Lipinski definition) is 2. The average Bonchev–Trinajstić information content (AvgIpc) is 2.74. The van der Waals surface area contributed by atoms with Crippen LogP contribution in [0.3, 0.4) is 0 Å². The van der Waals surface area contributed by atoms with Crippen LogP contribution in [-0.2, 0) is 0 Å². The Hall–Kier alpha value is -2.37. The molecule has 0 spiro atoms. The molecule has 6 heteroatoms. The van der Waals surface area contributed by atoms with Crippen LogP contribution < -0.4 is 10.6 Å². The lowest BCUT2D eigenvalue weighted by atomic mass is 10.1. The van der Waals surface area contributed by atoms with Crippen LogP contribution in [0.1, 0.15) is 21.8 Å². The second-order valence-electron chi connectivity index (χ2n) is 3.86. The Morgan fingerprint density at radius 3 is 2.61 bits per heavy atom. The molecule has 0 aliphatic rings. The van der Waals surface area contributed by atoms with Crippen LogP contribution in [0.15, 0.2) is 22.6 Å². The van der Waals surface area contributed by atoms with E-state index in [-0.39, 0.29) is 11.9 Å². The first-order valence-electron chi connectivity index (χ1n) is 5.50. The van der Waals surface area contributed by atoms with E-state index in [2.05, 4.69) is 20.8 Å². The predicted molar refractivity (Wildman–Crippen MR) is 67.7 cm³/mol. The van der Waals surface area contributed by atoms with Crippen molar-refractivity contribution in [3.63, 3.8) is 0 Å². The summed E-state index contributed by atoms with van der Waals surface area (Å²) in [4.78, 5) is 12.0. The van der Waals surface area contributed by atoms with E-state index >= 15 is 0 Å². The largest absolute Gasteiger partial charge is 0.408 e. The summed E-state index contributed by atoms with van der Waals surface area (Å²) < 4.78 is 5.09. The van der Waals surface area contributed by atoms with Crippen molar-refractivity contribution < 1.29 is 9.21 Å². The van der Waals surface area contributed by atoms with Gasteiger partial charge in [-0.1, -0.05) is 5.10 Å². The van der Waals surface area contributed by atoms with Crippen molar-refractivity contribution in [1.82, 2.24) is 10.2 Å². The molecule has 0 saturated heterocycles. The Bertz CT molecular complexity index is 577. The van der Waals surface area contributed by atoms with Gasteiger partial charge < -0.3 is 9.73 Å². The molecule has 6 nitrogen and oxygen atoms in total. The van der Waals surface area contributed by atoms with E-state index in [1.54, 1.807) is 13.0 Å². The number of benzene rings is 1. The lowest BCUT2D eigenvalue weighted by Gasteiger charge is -2.07. The number of anilines is 2. The smallest absolute Gasteiger partial charge is 0.322 e. The third kappa shape index (κ3) is 2.48. The van der Waals surface area contributed by atoms with E-state index in [0.29, 0.717) is 11.5 Å². The van der Waals surface area contributed by atoms with Crippen molar-refractivity contribution in [2.75, 3.05) is 17.7 Å². The van der Waals surface area contributed by atoms with E-state index in [1.165, 1.54) is 0 Å². The Labute approximate surface area is 104 Å². The van der Waals surface area contributed by atoms with E-state index in [0.717, 1.165) is 11.3 Å². The average molecular weight is 246 g/mol. The summed E-state index contributed by atoms with van der Waals surface area (Å²) in [7, 11) is 1.83. The summed E-state index contributed by atoms with van der Waals surface area (Å²) >= 11 is 0. The lowest BCUT2D eigenvalue weighted by Crippen LogP contribution is -2.13. The minimum Gasteiger partial charge on any atom is -0.408 e. The number of rotatable bonds is 3. The SMILES string of the molecule is CNc1ccc(C(=O)Nc2nnc(C)o2)c(C)c1. The third-order valence-electron chi connectivity index (χ3n) is 2.51. The van der Waals surface area contributed by atoms with Gasteiger partial charge in [0.1, 0.15) is 0 Å². The molecule has 94 valence electrons. The van der Waals surface area contributed by atoms with Crippen LogP contribution in [0.25, 0.3) is 0 Å². The molecule has 2 aromatic rings. The summed E-state index contributed by atoms with van der Waals surface area (Å²) in [5.74, 6) is 0.145. The van der Waals surface area contributed by atoms with Crippen molar-refractivity contribution in [3.8, 4) is 0 Å². The first-order valence-corrected chi connectivity index (χ1v) is 5.50. The van der Waals surface area contributed by atoms with Crippen LogP contribution >= 0.6 is 0 Å². The zero-order valence-corrected chi connectivity index (χ0v) is 10.4. The van der Waals surface area contributed by atoms with Gasteiger partial charge in [-0.15, -0.1) is 5.10 Å². The number of aryl methyl sites for hydroxylation is 2. The molecule has 1 aromatic carbocycles. The number of aromatic nitrogens is 2. The maximum absolute atomic E-state index is 12.0. The van der Waals surface area contributed by atoms with Crippen molar-refractivity contribution in [1.29, 1.82) is 0 Å². The normalized spacial score (nSPS) is 10.2. The molecule has 2 rings (SSSR count). The number of nitrogens with one attached hydrogen (secondary N) is 2.